The number of fused-ring (bicyclic) bond motifs is 2. The number of likely N-dealkylation sites (tertiary alicyclic amines) is 1. The number of carbonyl (C=O) groups excluding carboxylic acids is 2. The Hall–Kier alpha value is -4.13. The summed E-state index contributed by atoms with van der Waals surface area (Å²) in [5, 5.41) is 7.91. The Labute approximate surface area is 258 Å². The van der Waals surface area contributed by atoms with Crippen LogP contribution < -0.4 is 10.6 Å². The van der Waals surface area contributed by atoms with Gasteiger partial charge in [-0.25, -0.2) is 4.39 Å². The molecule has 3 aliphatic rings. The largest absolute Gasteiger partial charge is 0.382 e. The zero-order valence-corrected chi connectivity index (χ0v) is 25.6. The van der Waals surface area contributed by atoms with Crippen molar-refractivity contribution in [3.63, 3.8) is 0 Å². The summed E-state index contributed by atoms with van der Waals surface area (Å²) in [4.78, 5) is 30.6. The number of benzene rings is 3. The third kappa shape index (κ3) is 5.27. The molecule has 1 aromatic heterocycles. The number of aryl methyl sites for hydroxylation is 2. The second kappa shape index (κ2) is 11.8. The molecule has 0 spiro atoms. The number of hydrogen-bond donors (Lipinski definition) is 2. The number of nitrogens with zero attached hydrogens (tertiary/aromatic N) is 2. The molecule has 2 heterocycles. The van der Waals surface area contributed by atoms with Crippen molar-refractivity contribution < 1.29 is 14.0 Å². The zero-order chi connectivity index (χ0) is 30.4. The van der Waals surface area contributed by atoms with E-state index in [4.69, 9.17) is 0 Å². The lowest BCUT2D eigenvalue weighted by Gasteiger charge is -2.48. The Kier molecular flexibility index (Phi) is 7.65. The molecule has 0 unspecified atom stereocenters. The number of halogens is 1. The van der Waals surface area contributed by atoms with Gasteiger partial charge in [0.2, 0.25) is 5.91 Å². The van der Waals surface area contributed by atoms with Crippen molar-refractivity contribution in [2.45, 2.75) is 76.4 Å². The Morgan fingerprint density at radius 3 is 2.43 bits per heavy atom. The molecule has 7 heteroatoms. The van der Waals surface area contributed by atoms with Gasteiger partial charge < -0.3 is 20.1 Å². The highest BCUT2D eigenvalue weighted by molar-refractivity contribution is 5.99. The van der Waals surface area contributed by atoms with Crippen molar-refractivity contribution in [3.05, 3.63) is 95.4 Å². The smallest absolute Gasteiger partial charge is 0.257 e. The lowest BCUT2D eigenvalue weighted by Crippen LogP contribution is -2.54. The summed E-state index contributed by atoms with van der Waals surface area (Å²) >= 11 is 0. The summed E-state index contributed by atoms with van der Waals surface area (Å²) in [5.41, 5.74) is 4.51. The van der Waals surface area contributed by atoms with E-state index >= 15 is 4.39 Å². The van der Waals surface area contributed by atoms with Gasteiger partial charge in [-0.05, 0) is 98.5 Å². The molecule has 6 nitrogen and oxygen atoms in total. The molecule has 228 valence electrons. The molecule has 44 heavy (non-hydrogen) atoms. The van der Waals surface area contributed by atoms with Crippen LogP contribution in [0.1, 0.15) is 78.9 Å². The fourth-order valence-electron chi connectivity index (χ4n) is 8.14. The van der Waals surface area contributed by atoms with Crippen molar-refractivity contribution in [1.29, 1.82) is 0 Å². The number of aromatic nitrogens is 1. The number of amides is 2. The van der Waals surface area contributed by atoms with Crippen LogP contribution in [0.5, 0.6) is 0 Å². The summed E-state index contributed by atoms with van der Waals surface area (Å²) in [5.74, 6) is -1.23. The van der Waals surface area contributed by atoms with Gasteiger partial charge in [0.25, 0.3) is 5.91 Å². The van der Waals surface area contributed by atoms with Crippen molar-refractivity contribution in [1.82, 2.24) is 9.47 Å². The van der Waals surface area contributed by atoms with Gasteiger partial charge in [-0.15, -0.1) is 0 Å². The highest BCUT2D eigenvalue weighted by Crippen LogP contribution is 2.49. The molecule has 1 aliphatic heterocycles. The Bertz CT molecular complexity index is 1670. The molecular formula is C37H41FN4O2. The molecule has 0 radical (unpaired) electrons. The predicted molar refractivity (Wildman–Crippen MR) is 173 cm³/mol. The summed E-state index contributed by atoms with van der Waals surface area (Å²) in [6, 6.07) is 21.0. The normalized spacial score (nSPS) is 23.6. The fraction of sp³-hybridized carbons (Fsp3) is 0.405. The van der Waals surface area contributed by atoms with E-state index in [1.165, 1.54) is 31.7 Å². The Morgan fingerprint density at radius 1 is 0.886 bits per heavy atom. The summed E-state index contributed by atoms with van der Waals surface area (Å²) in [7, 11) is 2.00. The molecular weight excluding hydrogens is 551 g/mol. The minimum atomic E-state index is -0.512. The number of carbonyl (C=O) groups is 2. The van der Waals surface area contributed by atoms with Crippen molar-refractivity contribution in [2.75, 3.05) is 10.6 Å². The van der Waals surface area contributed by atoms with Crippen molar-refractivity contribution in [3.8, 4) is 0 Å². The molecule has 2 amide bonds. The van der Waals surface area contributed by atoms with Crippen LogP contribution in [0.2, 0.25) is 0 Å². The minimum absolute atomic E-state index is 0.0347. The van der Waals surface area contributed by atoms with Crippen LogP contribution in [0.4, 0.5) is 15.8 Å². The van der Waals surface area contributed by atoms with Crippen LogP contribution in [-0.4, -0.2) is 33.4 Å². The van der Waals surface area contributed by atoms with Crippen LogP contribution in [0.3, 0.4) is 0 Å². The number of rotatable bonds is 6. The average molecular weight is 593 g/mol. The number of nitrogens with one attached hydrogen (secondary N) is 2. The molecule has 2 saturated carbocycles. The SMILES string of the molecule is Cc1cccc(F)c1C(=O)N1[C@@H]2CCC[C@@H]2C[C@H](C(=O)Nc2ccc3c(ccn3C)c2)[C@@H]1c1ccc(NC2CCCC2)cc1. The van der Waals surface area contributed by atoms with Gasteiger partial charge in [-0.2, -0.15) is 0 Å². The van der Waals surface area contributed by atoms with E-state index in [-0.39, 0.29) is 29.3 Å². The van der Waals surface area contributed by atoms with Gasteiger partial charge >= 0.3 is 0 Å². The molecule has 1 saturated heterocycles. The maximum atomic E-state index is 15.3. The predicted octanol–water partition coefficient (Wildman–Crippen LogP) is 7.99. The first-order chi connectivity index (χ1) is 21.4. The molecule has 4 atom stereocenters. The highest BCUT2D eigenvalue weighted by Gasteiger charge is 2.50. The maximum Gasteiger partial charge on any atom is 0.257 e. The molecule has 4 aromatic rings. The lowest BCUT2D eigenvalue weighted by atomic mass is 9.76. The second-order valence-electron chi connectivity index (χ2n) is 13.1. The van der Waals surface area contributed by atoms with Gasteiger partial charge in [0, 0.05) is 47.6 Å². The first kappa shape index (κ1) is 28.6. The summed E-state index contributed by atoms with van der Waals surface area (Å²) in [6.07, 6.45) is 10.4. The van der Waals surface area contributed by atoms with E-state index in [1.807, 2.05) is 42.4 Å². The third-order valence-corrected chi connectivity index (χ3v) is 10.4. The standard InChI is InChI=1S/C37H41FN4O2/c1-23-7-5-11-31(38)34(23)37(44)42-33-12-6-8-25(33)22-30(36(43)40-29-17-18-32-26(21-29)19-20-41(32)2)35(42)24-13-15-28(16-14-24)39-27-9-3-4-10-27/h5,7,11,13-21,25,27,30,33,35,39H,3-4,6,8-10,12,22H2,1-2H3,(H,40,43)/t25-,30+,33-,35+/m1/s1. The Balaban J connectivity index is 1.27. The van der Waals surface area contributed by atoms with Gasteiger partial charge in [0.1, 0.15) is 5.82 Å². The maximum absolute atomic E-state index is 15.3. The molecule has 2 aliphatic carbocycles. The molecule has 3 aromatic carbocycles. The molecule has 3 fully saturated rings. The third-order valence-electron chi connectivity index (χ3n) is 10.4. The molecule has 7 rings (SSSR count). The molecule has 0 bridgehead atoms. The quantitative estimate of drug-likeness (QED) is 0.239. The monoisotopic (exact) mass is 592 g/mol. The number of anilines is 2. The topological polar surface area (TPSA) is 66.4 Å². The number of hydrogen-bond acceptors (Lipinski definition) is 3. The van der Waals surface area contributed by atoms with Gasteiger partial charge in [0.05, 0.1) is 17.5 Å². The van der Waals surface area contributed by atoms with E-state index in [1.54, 1.807) is 19.1 Å². The summed E-state index contributed by atoms with van der Waals surface area (Å²) in [6.45, 7) is 1.79. The van der Waals surface area contributed by atoms with E-state index in [0.717, 1.165) is 47.1 Å². The second-order valence-corrected chi connectivity index (χ2v) is 13.1. The average Bonchev–Trinajstić information content (AvgIpc) is 3.78. The van der Waals surface area contributed by atoms with Gasteiger partial charge in [-0.1, -0.05) is 43.5 Å². The van der Waals surface area contributed by atoms with E-state index in [2.05, 4.69) is 39.5 Å². The van der Waals surface area contributed by atoms with E-state index < -0.39 is 17.8 Å². The van der Waals surface area contributed by atoms with Crippen LogP contribution in [0.25, 0.3) is 10.9 Å². The zero-order valence-electron chi connectivity index (χ0n) is 25.6. The van der Waals surface area contributed by atoms with Crippen molar-refractivity contribution >= 4 is 34.1 Å². The van der Waals surface area contributed by atoms with Crippen LogP contribution in [0, 0.1) is 24.6 Å². The lowest BCUT2D eigenvalue weighted by molar-refractivity contribution is -0.125. The molecule has 2 N–H and O–H groups in total. The van der Waals surface area contributed by atoms with E-state index in [9.17, 15) is 9.59 Å². The van der Waals surface area contributed by atoms with Gasteiger partial charge in [0.15, 0.2) is 0 Å². The summed E-state index contributed by atoms with van der Waals surface area (Å²) < 4.78 is 17.4. The first-order valence-electron chi connectivity index (χ1n) is 16.2. The van der Waals surface area contributed by atoms with Crippen LogP contribution in [0.15, 0.2) is 72.9 Å². The van der Waals surface area contributed by atoms with Gasteiger partial charge in [-0.3, -0.25) is 9.59 Å². The number of piperidine rings is 1. The fourth-order valence-corrected chi connectivity index (χ4v) is 8.14. The highest BCUT2D eigenvalue weighted by atomic mass is 19.1. The van der Waals surface area contributed by atoms with E-state index in [0.29, 0.717) is 18.0 Å². The van der Waals surface area contributed by atoms with Crippen LogP contribution in [-0.2, 0) is 11.8 Å². The first-order valence-corrected chi connectivity index (χ1v) is 16.2. The Morgan fingerprint density at radius 2 is 1.66 bits per heavy atom. The minimum Gasteiger partial charge on any atom is -0.382 e. The van der Waals surface area contributed by atoms with Crippen LogP contribution >= 0.6 is 0 Å². The van der Waals surface area contributed by atoms with Crippen molar-refractivity contribution in [2.24, 2.45) is 18.9 Å².